The zero-order valence-electron chi connectivity index (χ0n) is 19.9. The van der Waals surface area contributed by atoms with E-state index in [9.17, 15) is 14.7 Å². The molecule has 2 heterocycles. The number of tetrazole rings is 1. The molecule has 2 aromatic heterocycles. The summed E-state index contributed by atoms with van der Waals surface area (Å²) < 4.78 is 1.62. The van der Waals surface area contributed by atoms with Gasteiger partial charge in [0.25, 0.3) is 5.91 Å². The minimum Gasteiger partial charge on any atom is -0.477 e. The van der Waals surface area contributed by atoms with E-state index in [1.165, 1.54) is 11.3 Å². The lowest BCUT2D eigenvalue weighted by Crippen LogP contribution is -2.26. The Morgan fingerprint density at radius 1 is 1.09 bits per heavy atom. The van der Waals surface area contributed by atoms with Crippen molar-refractivity contribution in [3.63, 3.8) is 0 Å². The standard InChI is InChI=1S/C25H26N6O3S/c1-5-19-20(22(32)33)31(24(35-19)26-23(34)25(2,3)4)14-15-10-12-16(13-11-15)17-8-6-7-9-18(17)21-27-29-30-28-21/h6-13H,5,14H2,1-4H3,(H,32,33)(H,27,28,29,30). The maximum Gasteiger partial charge on any atom is 0.353 e. The summed E-state index contributed by atoms with van der Waals surface area (Å²) in [5.74, 6) is -0.749. The molecule has 0 bridgehead atoms. The van der Waals surface area contributed by atoms with Gasteiger partial charge in [0, 0.05) is 15.9 Å². The number of aromatic amines is 1. The number of nitrogens with one attached hydrogen (secondary N) is 1. The number of rotatable bonds is 6. The van der Waals surface area contributed by atoms with Crippen molar-refractivity contribution in [2.24, 2.45) is 10.4 Å². The topological polar surface area (TPSA) is 126 Å². The summed E-state index contributed by atoms with van der Waals surface area (Å²) in [4.78, 5) is 30.1. The number of carboxylic acid groups (broad SMARTS) is 1. The maximum absolute atomic E-state index is 12.6. The molecule has 0 unspecified atom stereocenters. The third kappa shape index (κ3) is 5.12. The van der Waals surface area contributed by atoms with Gasteiger partial charge in [-0.3, -0.25) is 4.79 Å². The summed E-state index contributed by atoms with van der Waals surface area (Å²) in [5, 5.41) is 24.1. The van der Waals surface area contributed by atoms with Crippen LogP contribution in [0.5, 0.6) is 0 Å². The largest absolute Gasteiger partial charge is 0.477 e. The van der Waals surface area contributed by atoms with Gasteiger partial charge >= 0.3 is 5.97 Å². The summed E-state index contributed by atoms with van der Waals surface area (Å²) >= 11 is 1.25. The zero-order valence-corrected chi connectivity index (χ0v) is 20.8. The molecule has 0 aliphatic heterocycles. The predicted octanol–water partition coefficient (Wildman–Crippen LogP) is 4.18. The van der Waals surface area contributed by atoms with Gasteiger partial charge in [-0.25, -0.2) is 9.89 Å². The Kier molecular flexibility index (Phi) is 6.74. The molecule has 0 fully saturated rings. The first kappa shape index (κ1) is 24.2. The second-order valence-corrected chi connectivity index (χ2v) is 10.1. The third-order valence-electron chi connectivity index (χ3n) is 5.48. The fourth-order valence-corrected chi connectivity index (χ4v) is 4.66. The van der Waals surface area contributed by atoms with Gasteiger partial charge in [-0.1, -0.05) is 76.2 Å². The smallest absolute Gasteiger partial charge is 0.353 e. The highest BCUT2D eigenvalue weighted by Gasteiger charge is 2.24. The fourth-order valence-electron chi connectivity index (χ4n) is 3.61. The Morgan fingerprint density at radius 3 is 2.34 bits per heavy atom. The molecule has 0 spiro atoms. The molecule has 35 heavy (non-hydrogen) atoms. The molecule has 0 radical (unpaired) electrons. The van der Waals surface area contributed by atoms with Crippen LogP contribution in [0.15, 0.2) is 53.5 Å². The van der Waals surface area contributed by atoms with Gasteiger partial charge in [-0.05, 0) is 33.5 Å². The molecule has 4 rings (SSSR count). The molecule has 0 saturated heterocycles. The van der Waals surface area contributed by atoms with Crippen molar-refractivity contribution < 1.29 is 14.7 Å². The summed E-state index contributed by atoms with van der Waals surface area (Å²) in [6.45, 7) is 7.56. The van der Waals surface area contributed by atoms with Crippen LogP contribution in [0.2, 0.25) is 0 Å². The van der Waals surface area contributed by atoms with Crippen molar-refractivity contribution in [1.82, 2.24) is 25.2 Å². The summed E-state index contributed by atoms with van der Waals surface area (Å²) in [5.41, 5.74) is 3.21. The van der Waals surface area contributed by atoms with Crippen LogP contribution in [0.4, 0.5) is 0 Å². The molecule has 2 N–H and O–H groups in total. The fraction of sp³-hybridized carbons (Fsp3) is 0.280. The second kappa shape index (κ2) is 9.75. The minimum atomic E-state index is -1.03. The van der Waals surface area contributed by atoms with E-state index in [0.29, 0.717) is 21.9 Å². The number of aryl methyl sites for hydroxylation is 1. The minimum absolute atomic E-state index is 0.171. The lowest BCUT2D eigenvalue weighted by atomic mass is 9.96. The lowest BCUT2D eigenvalue weighted by Gasteiger charge is -2.13. The Labute approximate surface area is 206 Å². The summed E-state index contributed by atoms with van der Waals surface area (Å²) in [6.07, 6.45) is 0.539. The monoisotopic (exact) mass is 490 g/mol. The lowest BCUT2D eigenvalue weighted by molar-refractivity contribution is -0.125. The van der Waals surface area contributed by atoms with E-state index < -0.39 is 11.4 Å². The number of hydrogen-bond donors (Lipinski definition) is 2. The average molecular weight is 491 g/mol. The van der Waals surface area contributed by atoms with Crippen molar-refractivity contribution in [3.8, 4) is 22.5 Å². The highest BCUT2D eigenvalue weighted by atomic mass is 32.1. The van der Waals surface area contributed by atoms with Crippen LogP contribution >= 0.6 is 11.3 Å². The Hall–Kier alpha value is -3.92. The van der Waals surface area contributed by atoms with Gasteiger partial charge in [0.05, 0.1) is 6.54 Å². The van der Waals surface area contributed by atoms with E-state index in [2.05, 4.69) is 25.6 Å². The molecule has 0 atom stereocenters. The number of amides is 1. The van der Waals surface area contributed by atoms with Crippen LogP contribution in [0, 0.1) is 5.41 Å². The number of carbonyl (C=O) groups is 2. The van der Waals surface area contributed by atoms with E-state index in [1.807, 2.05) is 55.5 Å². The summed E-state index contributed by atoms with van der Waals surface area (Å²) in [7, 11) is 0. The molecule has 9 nitrogen and oxygen atoms in total. The molecule has 0 aliphatic carbocycles. The molecule has 180 valence electrons. The van der Waals surface area contributed by atoms with Crippen molar-refractivity contribution in [2.45, 2.75) is 40.7 Å². The third-order valence-corrected chi connectivity index (χ3v) is 6.70. The van der Waals surface area contributed by atoms with Crippen LogP contribution in [-0.2, 0) is 17.8 Å². The SMILES string of the molecule is CCc1sc(=NC(=O)C(C)(C)C)n(Cc2ccc(-c3ccccc3-c3nnn[nH]3)cc2)c1C(=O)O. The Balaban J connectivity index is 1.73. The van der Waals surface area contributed by atoms with Crippen molar-refractivity contribution in [2.75, 3.05) is 0 Å². The van der Waals surface area contributed by atoms with Gasteiger partial charge in [0.1, 0.15) is 5.69 Å². The van der Waals surface area contributed by atoms with Gasteiger partial charge < -0.3 is 9.67 Å². The molecular weight excluding hydrogens is 464 g/mol. The quantitative estimate of drug-likeness (QED) is 0.418. The normalized spacial score (nSPS) is 12.2. The first-order chi connectivity index (χ1) is 16.7. The number of aromatic nitrogens is 5. The Morgan fingerprint density at radius 2 is 1.77 bits per heavy atom. The van der Waals surface area contributed by atoms with Gasteiger partial charge in [0.15, 0.2) is 10.6 Å². The first-order valence-electron chi connectivity index (χ1n) is 11.2. The van der Waals surface area contributed by atoms with Gasteiger partial charge in [-0.15, -0.1) is 16.4 Å². The van der Waals surface area contributed by atoms with Gasteiger partial charge in [-0.2, -0.15) is 4.99 Å². The summed E-state index contributed by atoms with van der Waals surface area (Å²) in [6, 6.07) is 15.6. The highest BCUT2D eigenvalue weighted by Crippen LogP contribution is 2.30. The predicted molar refractivity (Wildman–Crippen MR) is 133 cm³/mol. The molecule has 2 aromatic carbocycles. The number of carboxylic acids is 1. The number of nitrogens with zero attached hydrogens (tertiary/aromatic N) is 5. The van der Waals surface area contributed by atoms with Crippen molar-refractivity contribution in [3.05, 3.63) is 69.5 Å². The molecule has 1 amide bonds. The number of aromatic carboxylic acids is 1. The van der Waals surface area contributed by atoms with Crippen LogP contribution in [0.25, 0.3) is 22.5 Å². The molecule has 10 heteroatoms. The van der Waals surface area contributed by atoms with Gasteiger partial charge in [0.2, 0.25) is 0 Å². The van der Waals surface area contributed by atoms with Crippen LogP contribution in [-0.4, -0.2) is 42.2 Å². The highest BCUT2D eigenvalue weighted by molar-refractivity contribution is 7.09. The molecule has 0 saturated carbocycles. The van der Waals surface area contributed by atoms with E-state index in [-0.39, 0.29) is 18.1 Å². The average Bonchev–Trinajstić information content (AvgIpc) is 3.47. The van der Waals surface area contributed by atoms with E-state index in [1.54, 1.807) is 25.3 Å². The van der Waals surface area contributed by atoms with E-state index in [0.717, 1.165) is 22.3 Å². The van der Waals surface area contributed by atoms with Crippen molar-refractivity contribution in [1.29, 1.82) is 0 Å². The van der Waals surface area contributed by atoms with Crippen LogP contribution in [0.1, 0.15) is 48.6 Å². The first-order valence-corrected chi connectivity index (χ1v) is 12.0. The molecule has 4 aromatic rings. The number of carbonyl (C=O) groups excluding carboxylic acids is 1. The molecule has 0 aliphatic rings. The van der Waals surface area contributed by atoms with E-state index in [4.69, 9.17) is 0 Å². The number of hydrogen-bond acceptors (Lipinski definition) is 6. The molecular formula is C25H26N6O3S. The van der Waals surface area contributed by atoms with Crippen LogP contribution < -0.4 is 4.80 Å². The number of benzene rings is 2. The maximum atomic E-state index is 12.6. The zero-order chi connectivity index (χ0) is 25.2. The van der Waals surface area contributed by atoms with Crippen LogP contribution in [0.3, 0.4) is 0 Å². The number of thiazole rings is 1. The number of H-pyrrole nitrogens is 1. The second-order valence-electron chi connectivity index (χ2n) is 9.06. The Bertz CT molecular complexity index is 1430. The van der Waals surface area contributed by atoms with E-state index >= 15 is 0 Å². The van der Waals surface area contributed by atoms with Crippen molar-refractivity contribution >= 4 is 23.2 Å².